The number of anilines is 1. The van der Waals surface area contributed by atoms with Crippen LogP contribution in [-0.2, 0) is 17.5 Å². The first-order valence-corrected chi connectivity index (χ1v) is 9.33. The second-order valence-corrected chi connectivity index (χ2v) is 7.03. The van der Waals surface area contributed by atoms with Gasteiger partial charge in [0.1, 0.15) is 0 Å². The fourth-order valence-corrected chi connectivity index (χ4v) is 3.87. The van der Waals surface area contributed by atoms with Gasteiger partial charge >= 0.3 is 12.2 Å². The van der Waals surface area contributed by atoms with Crippen molar-refractivity contribution in [2.45, 2.75) is 51.5 Å². The minimum Gasteiger partial charge on any atom is -0.381 e. The van der Waals surface area contributed by atoms with Gasteiger partial charge in [-0.1, -0.05) is 0 Å². The fourth-order valence-electron chi connectivity index (χ4n) is 3.87. The predicted molar refractivity (Wildman–Crippen MR) is 93.5 cm³/mol. The van der Waals surface area contributed by atoms with Crippen molar-refractivity contribution in [2.75, 3.05) is 38.2 Å². The number of piperazine rings is 1. The maximum atomic E-state index is 13.3. The Hall–Kier alpha value is -1.81. The zero-order valence-corrected chi connectivity index (χ0v) is 15.6. The number of hydrogen-bond donors (Lipinski definition) is 1. The molecule has 10 heteroatoms. The Balaban J connectivity index is 1.65. The number of urea groups is 1. The molecule has 27 heavy (non-hydrogen) atoms. The largest absolute Gasteiger partial charge is 0.435 e. The lowest BCUT2D eigenvalue weighted by molar-refractivity contribution is -0.143. The van der Waals surface area contributed by atoms with Gasteiger partial charge in [-0.25, -0.2) is 4.79 Å². The number of amides is 2. The van der Waals surface area contributed by atoms with Crippen LogP contribution in [0, 0.1) is 0 Å². The van der Waals surface area contributed by atoms with Crippen molar-refractivity contribution >= 4 is 11.7 Å². The van der Waals surface area contributed by atoms with Crippen molar-refractivity contribution in [3.63, 3.8) is 0 Å². The molecule has 1 N–H and O–H groups in total. The van der Waals surface area contributed by atoms with Crippen molar-refractivity contribution < 1.29 is 22.7 Å². The second kappa shape index (κ2) is 8.05. The maximum Gasteiger partial charge on any atom is 0.435 e. The number of carbonyl (C=O) groups is 1. The molecule has 2 fully saturated rings. The van der Waals surface area contributed by atoms with Gasteiger partial charge in [-0.05, 0) is 26.7 Å². The van der Waals surface area contributed by atoms with E-state index in [1.165, 1.54) is 0 Å². The van der Waals surface area contributed by atoms with Crippen molar-refractivity contribution in [2.24, 2.45) is 0 Å². The summed E-state index contributed by atoms with van der Waals surface area (Å²) < 4.78 is 46.2. The molecule has 0 aliphatic carbocycles. The Morgan fingerprint density at radius 2 is 2.04 bits per heavy atom. The van der Waals surface area contributed by atoms with E-state index in [2.05, 4.69) is 15.3 Å². The van der Waals surface area contributed by atoms with Gasteiger partial charge in [0.05, 0.1) is 11.9 Å². The normalized spacial score (nSPS) is 22.9. The minimum atomic E-state index is -4.58. The zero-order valence-electron chi connectivity index (χ0n) is 15.6. The molecule has 3 rings (SSSR count). The number of aromatic nitrogens is 2. The van der Waals surface area contributed by atoms with E-state index in [1.807, 2.05) is 6.92 Å². The third kappa shape index (κ3) is 4.37. The molecule has 0 saturated carbocycles. The van der Waals surface area contributed by atoms with Crippen LogP contribution < -0.4 is 5.32 Å². The molecular weight excluding hydrogens is 363 g/mol. The van der Waals surface area contributed by atoms with Gasteiger partial charge < -0.3 is 15.0 Å². The SMILES string of the molecule is CCn1ncc(NC(=O)N2CCN(C3CCOCC3)C[C@H]2C)c1C(F)(F)F. The maximum absolute atomic E-state index is 13.3. The van der Waals surface area contributed by atoms with E-state index < -0.39 is 17.9 Å². The van der Waals surface area contributed by atoms with Crippen LogP contribution in [0.3, 0.4) is 0 Å². The summed E-state index contributed by atoms with van der Waals surface area (Å²) in [6.07, 6.45) is -1.57. The van der Waals surface area contributed by atoms with Crippen LogP contribution in [0.5, 0.6) is 0 Å². The lowest BCUT2D eigenvalue weighted by atomic mass is 10.0. The molecule has 0 radical (unpaired) electrons. The average molecular weight is 389 g/mol. The van der Waals surface area contributed by atoms with E-state index >= 15 is 0 Å². The van der Waals surface area contributed by atoms with Gasteiger partial charge in [-0.2, -0.15) is 18.3 Å². The molecule has 0 bridgehead atoms. The van der Waals surface area contributed by atoms with E-state index in [4.69, 9.17) is 4.74 Å². The molecular formula is C17H26F3N5O2. The summed E-state index contributed by atoms with van der Waals surface area (Å²) in [6, 6.07) is -0.154. The van der Waals surface area contributed by atoms with Crippen LogP contribution in [0.25, 0.3) is 0 Å². The summed E-state index contributed by atoms with van der Waals surface area (Å²) in [4.78, 5) is 16.6. The van der Waals surface area contributed by atoms with Crippen LogP contribution in [-0.4, -0.2) is 70.5 Å². The van der Waals surface area contributed by atoms with E-state index in [0.29, 0.717) is 25.7 Å². The molecule has 1 atom stereocenters. The highest BCUT2D eigenvalue weighted by atomic mass is 19.4. The van der Waals surface area contributed by atoms with Gasteiger partial charge in [0.25, 0.3) is 0 Å². The standard InChI is InChI=1S/C17H26F3N5O2/c1-3-25-15(17(18,19)20)14(10-21-25)22-16(26)24-7-6-23(11-12(24)2)13-4-8-27-9-5-13/h10,12-13H,3-9,11H2,1-2H3,(H,22,26)/t12-/m1/s1. The molecule has 2 aliphatic heterocycles. The third-order valence-corrected chi connectivity index (χ3v) is 5.28. The van der Waals surface area contributed by atoms with Crippen LogP contribution in [0.4, 0.5) is 23.7 Å². The first-order valence-electron chi connectivity index (χ1n) is 9.33. The van der Waals surface area contributed by atoms with Crippen molar-refractivity contribution in [1.82, 2.24) is 19.6 Å². The monoisotopic (exact) mass is 389 g/mol. The van der Waals surface area contributed by atoms with Crippen LogP contribution in [0.2, 0.25) is 0 Å². The van der Waals surface area contributed by atoms with Crippen molar-refractivity contribution in [3.8, 4) is 0 Å². The number of nitrogens with one attached hydrogen (secondary N) is 1. The number of nitrogens with zero attached hydrogens (tertiary/aromatic N) is 4. The smallest absolute Gasteiger partial charge is 0.381 e. The van der Waals surface area contributed by atoms with Crippen LogP contribution >= 0.6 is 0 Å². The molecule has 1 aromatic heterocycles. The number of alkyl halides is 3. The Morgan fingerprint density at radius 3 is 2.63 bits per heavy atom. The van der Waals surface area contributed by atoms with Crippen LogP contribution in [0.1, 0.15) is 32.4 Å². The molecule has 2 amide bonds. The third-order valence-electron chi connectivity index (χ3n) is 5.28. The van der Waals surface area contributed by atoms with Gasteiger partial charge in [-0.3, -0.25) is 9.58 Å². The fraction of sp³-hybridized carbons (Fsp3) is 0.765. The van der Waals surface area contributed by atoms with E-state index in [-0.39, 0.29) is 18.3 Å². The predicted octanol–water partition coefficient (Wildman–Crippen LogP) is 2.64. The average Bonchev–Trinajstić information content (AvgIpc) is 3.05. The summed E-state index contributed by atoms with van der Waals surface area (Å²) >= 11 is 0. The van der Waals surface area contributed by atoms with Gasteiger partial charge in [0, 0.05) is 51.5 Å². The highest BCUT2D eigenvalue weighted by Crippen LogP contribution is 2.35. The Morgan fingerprint density at radius 1 is 1.33 bits per heavy atom. The molecule has 152 valence electrons. The molecule has 3 heterocycles. The van der Waals surface area contributed by atoms with Gasteiger partial charge in [-0.15, -0.1) is 0 Å². The quantitative estimate of drug-likeness (QED) is 0.863. The Kier molecular flexibility index (Phi) is 5.95. The minimum absolute atomic E-state index is 0.0743. The van der Waals surface area contributed by atoms with Gasteiger partial charge in [0.15, 0.2) is 5.69 Å². The highest BCUT2D eigenvalue weighted by molar-refractivity contribution is 5.90. The van der Waals surface area contributed by atoms with E-state index in [9.17, 15) is 18.0 Å². The molecule has 7 nitrogen and oxygen atoms in total. The van der Waals surface area contributed by atoms with Crippen LogP contribution in [0.15, 0.2) is 6.20 Å². The number of hydrogen-bond acceptors (Lipinski definition) is 4. The Labute approximate surface area is 156 Å². The highest BCUT2D eigenvalue weighted by Gasteiger charge is 2.39. The summed E-state index contributed by atoms with van der Waals surface area (Å²) in [7, 11) is 0. The summed E-state index contributed by atoms with van der Waals surface area (Å²) in [5.74, 6) is 0. The molecule has 2 saturated heterocycles. The molecule has 0 unspecified atom stereocenters. The molecule has 0 aromatic carbocycles. The number of ether oxygens (including phenoxy) is 1. The summed E-state index contributed by atoms with van der Waals surface area (Å²) in [5, 5.41) is 6.15. The molecule has 0 spiro atoms. The number of aryl methyl sites for hydroxylation is 1. The lowest BCUT2D eigenvalue weighted by Gasteiger charge is -2.44. The topological polar surface area (TPSA) is 62.6 Å². The van der Waals surface area contributed by atoms with E-state index in [1.54, 1.807) is 11.8 Å². The number of halogens is 3. The summed E-state index contributed by atoms with van der Waals surface area (Å²) in [5.41, 5.74) is -1.22. The number of carbonyl (C=O) groups excluding carboxylic acids is 1. The van der Waals surface area contributed by atoms with Crippen molar-refractivity contribution in [1.29, 1.82) is 0 Å². The zero-order chi connectivity index (χ0) is 19.6. The first kappa shape index (κ1) is 19.9. The lowest BCUT2D eigenvalue weighted by Crippen LogP contribution is -2.58. The van der Waals surface area contributed by atoms with Gasteiger partial charge in [0.2, 0.25) is 0 Å². The van der Waals surface area contributed by atoms with E-state index in [0.717, 1.165) is 36.9 Å². The number of rotatable bonds is 3. The Bertz CT molecular complexity index is 657. The first-order chi connectivity index (χ1) is 12.8. The molecule has 1 aromatic rings. The summed E-state index contributed by atoms with van der Waals surface area (Å²) in [6.45, 7) is 6.97. The molecule has 2 aliphatic rings. The van der Waals surface area contributed by atoms with Crippen molar-refractivity contribution in [3.05, 3.63) is 11.9 Å². The second-order valence-electron chi connectivity index (χ2n) is 7.03.